The Bertz CT molecular complexity index is 441. The highest BCUT2D eigenvalue weighted by molar-refractivity contribution is 7.98. The summed E-state index contributed by atoms with van der Waals surface area (Å²) < 4.78 is 0. The fraction of sp³-hybridized carbons (Fsp3) is 0.111. The second-order valence-corrected chi connectivity index (χ2v) is 5.35. The zero-order chi connectivity index (χ0) is 10.7. The van der Waals surface area contributed by atoms with Crippen molar-refractivity contribution in [1.29, 1.82) is 0 Å². The van der Waals surface area contributed by atoms with Crippen molar-refractivity contribution < 1.29 is 0 Å². The van der Waals surface area contributed by atoms with Crippen LogP contribution in [0.25, 0.3) is 0 Å². The maximum absolute atomic E-state index is 5.74. The van der Waals surface area contributed by atoms with Crippen LogP contribution in [0.2, 0.25) is 5.02 Å². The quantitative estimate of drug-likeness (QED) is 0.859. The summed E-state index contributed by atoms with van der Waals surface area (Å²) in [4.78, 5) is 9.32. The summed E-state index contributed by atoms with van der Waals surface area (Å²) in [6, 6.07) is 3.73. The number of nitrogens with zero attached hydrogens (tertiary/aromatic N) is 2. The molecule has 15 heavy (non-hydrogen) atoms. The second-order valence-electron chi connectivity index (χ2n) is 2.77. The van der Waals surface area contributed by atoms with Gasteiger partial charge in [-0.05, 0) is 12.1 Å². The van der Waals surface area contributed by atoms with Crippen LogP contribution in [0.15, 0.2) is 29.6 Å². The number of aromatic nitrogens is 2. The standard InChI is InChI=1S/C9H8ClN3S2/c10-6-1-2-8(12-3-6)14-5-7-4-13-9(11)15-7/h1-4H,5H2,(H2,11,13). The molecule has 0 bridgehead atoms. The largest absolute Gasteiger partial charge is 0.375 e. The lowest BCUT2D eigenvalue weighted by molar-refractivity contribution is 1.13. The number of rotatable bonds is 3. The predicted molar refractivity (Wildman–Crippen MR) is 65.3 cm³/mol. The molecule has 0 saturated heterocycles. The number of thiazole rings is 1. The molecule has 0 atom stereocenters. The first-order valence-corrected chi connectivity index (χ1v) is 6.36. The van der Waals surface area contributed by atoms with E-state index in [1.807, 2.05) is 12.1 Å². The van der Waals surface area contributed by atoms with Gasteiger partial charge in [0.15, 0.2) is 5.13 Å². The van der Waals surface area contributed by atoms with Gasteiger partial charge in [0.05, 0.1) is 10.0 Å². The van der Waals surface area contributed by atoms with E-state index >= 15 is 0 Å². The van der Waals surface area contributed by atoms with E-state index in [2.05, 4.69) is 9.97 Å². The van der Waals surface area contributed by atoms with Gasteiger partial charge in [0.1, 0.15) is 0 Å². The van der Waals surface area contributed by atoms with Crippen LogP contribution >= 0.6 is 34.7 Å². The van der Waals surface area contributed by atoms with Crippen LogP contribution in [0.4, 0.5) is 5.13 Å². The van der Waals surface area contributed by atoms with Crippen LogP contribution in [-0.4, -0.2) is 9.97 Å². The summed E-state index contributed by atoms with van der Waals surface area (Å²) in [5.41, 5.74) is 5.53. The van der Waals surface area contributed by atoms with Gasteiger partial charge in [-0.25, -0.2) is 9.97 Å². The highest BCUT2D eigenvalue weighted by Crippen LogP contribution is 2.25. The molecule has 0 fully saturated rings. The molecule has 2 rings (SSSR count). The Morgan fingerprint density at radius 3 is 2.80 bits per heavy atom. The molecule has 3 nitrogen and oxygen atoms in total. The number of halogens is 1. The Balaban J connectivity index is 1.96. The van der Waals surface area contributed by atoms with Gasteiger partial charge in [0, 0.05) is 23.0 Å². The van der Waals surface area contributed by atoms with Crippen LogP contribution in [0.1, 0.15) is 4.88 Å². The second kappa shape index (κ2) is 4.83. The minimum atomic E-state index is 0.606. The Kier molecular flexibility index (Phi) is 3.45. The van der Waals surface area contributed by atoms with E-state index in [0.717, 1.165) is 15.7 Å². The molecule has 2 aromatic heterocycles. The molecule has 0 unspecified atom stereocenters. The van der Waals surface area contributed by atoms with Crippen molar-refractivity contribution >= 4 is 39.8 Å². The monoisotopic (exact) mass is 257 g/mol. The number of hydrogen-bond donors (Lipinski definition) is 1. The average molecular weight is 258 g/mol. The van der Waals surface area contributed by atoms with Gasteiger partial charge in [0.2, 0.25) is 0 Å². The van der Waals surface area contributed by atoms with Crippen LogP contribution < -0.4 is 5.73 Å². The maximum Gasteiger partial charge on any atom is 0.180 e. The molecular formula is C9H8ClN3S2. The summed E-state index contributed by atoms with van der Waals surface area (Å²) in [6.07, 6.45) is 3.44. The Labute approximate surface area is 101 Å². The lowest BCUT2D eigenvalue weighted by atomic mass is 10.5. The molecular weight excluding hydrogens is 250 g/mol. The van der Waals surface area contributed by atoms with E-state index in [1.165, 1.54) is 11.3 Å². The Morgan fingerprint density at radius 1 is 1.33 bits per heavy atom. The van der Waals surface area contributed by atoms with Crippen molar-refractivity contribution in [2.45, 2.75) is 10.8 Å². The molecule has 0 aliphatic carbocycles. The third kappa shape index (κ3) is 3.09. The van der Waals surface area contributed by atoms with Crippen LogP contribution in [0, 0.1) is 0 Å². The first-order chi connectivity index (χ1) is 7.24. The van der Waals surface area contributed by atoms with Gasteiger partial charge in [-0.15, -0.1) is 23.1 Å². The van der Waals surface area contributed by atoms with Gasteiger partial charge in [-0.3, -0.25) is 0 Å². The molecule has 6 heteroatoms. The number of pyridine rings is 1. The topological polar surface area (TPSA) is 51.8 Å². The lowest BCUT2D eigenvalue weighted by Crippen LogP contribution is -1.79. The highest BCUT2D eigenvalue weighted by Gasteiger charge is 2.01. The number of nitrogens with two attached hydrogens (primary N) is 1. The van der Waals surface area contributed by atoms with Crippen LogP contribution in [0.5, 0.6) is 0 Å². The third-order valence-corrected chi connectivity index (χ3v) is 3.86. The SMILES string of the molecule is Nc1ncc(CSc2ccc(Cl)cn2)s1. The molecule has 0 radical (unpaired) electrons. The van der Waals surface area contributed by atoms with Gasteiger partial charge in [-0.2, -0.15) is 0 Å². The van der Waals surface area contributed by atoms with Crippen LogP contribution in [-0.2, 0) is 5.75 Å². The maximum atomic E-state index is 5.74. The minimum absolute atomic E-state index is 0.606. The first kappa shape index (κ1) is 10.7. The molecule has 0 spiro atoms. The zero-order valence-electron chi connectivity index (χ0n) is 7.68. The number of anilines is 1. The molecule has 78 valence electrons. The van der Waals surface area contributed by atoms with E-state index in [0.29, 0.717) is 10.2 Å². The first-order valence-electron chi connectivity index (χ1n) is 4.18. The molecule has 0 aliphatic rings. The number of nitrogen functional groups attached to an aromatic ring is 1. The van der Waals surface area contributed by atoms with E-state index in [-0.39, 0.29) is 0 Å². The molecule has 2 aromatic rings. The lowest BCUT2D eigenvalue weighted by Gasteiger charge is -1.97. The van der Waals surface area contributed by atoms with Gasteiger partial charge in [0.25, 0.3) is 0 Å². The van der Waals surface area contributed by atoms with Gasteiger partial charge < -0.3 is 5.73 Å². The van der Waals surface area contributed by atoms with Crippen molar-refractivity contribution in [3.63, 3.8) is 0 Å². The summed E-state index contributed by atoms with van der Waals surface area (Å²) in [7, 11) is 0. The van der Waals surface area contributed by atoms with E-state index in [1.54, 1.807) is 24.2 Å². The van der Waals surface area contributed by atoms with E-state index in [4.69, 9.17) is 17.3 Å². The fourth-order valence-corrected chi connectivity index (χ4v) is 2.64. The zero-order valence-corrected chi connectivity index (χ0v) is 10.1. The van der Waals surface area contributed by atoms with Gasteiger partial charge in [-0.1, -0.05) is 11.6 Å². The Morgan fingerprint density at radius 2 is 2.20 bits per heavy atom. The molecule has 0 aliphatic heterocycles. The predicted octanol–water partition coefficient (Wildman–Crippen LogP) is 3.07. The minimum Gasteiger partial charge on any atom is -0.375 e. The fourth-order valence-electron chi connectivity index (χ4n) is 0.982. The highest BCUT2D eigenvalue weighted by atomic mass is 35.5. The van der Waals surface area contributed by atoms with Crippen molar-refractivity contribution in [1.82, 2.24) is 9.97 Å². The average Bonchev–Trinajstić information content (AvgIpc) is 2.64. The van der Waals surface area contributed by atoms with E-state index < -0.39 is 0 Å². The molecule has 0 aromatic carbocycles. The summed E-state index contributed by atoms with van der Waals surface area (Å²) in [5, 5.41) is 2.21. The van der Waals surface area contributed by atoms with Crippen molar-refractivity contribution in [3.8, 4) is 0 Å². The number of thioether (sulfide) groups is 1. The smallest absolute Gasteiger partial charge is 0.180 e. The molecule has 0 saturated carbocycles. The number of hydrogen-bond acceptors (Lipinski definition) is 5. The van der Waals surface area contributed by atoms with Crippen molar-refractivity contribution in [3.05, 3.63) is 34.4 Å². The third-order valence-electron chi connectivity index (χ3n) is 1.63. The van der Waals surface area contributed by atoms with E-state index in [9.17, 15) is 0 Å². The van der Waals surface area contributed by atoms with Crippen LogP contribution in [0.3, 0.4) is 0 Å². The van der Waals surface area contributed by atoms with Crippen molar-refractivity contribution in [2.75, 3.05) is 5.73 Å². The Hall–Kier alpha value is -0.780. The molecule has 0 amide bonds. The van der Waals surface area contributed by atoms with Crippen molar-refractivity contribution in [2.24, 2.45) is 0 Å². The van der Waals surface area contributed by atoms with Gasteiger partial charge >= 0.3 is 0 Å². The molecule has 2 N–H and O–H groups in total. The summed E-state index contributed by atoms with van der Waals surface area (Å²) in [5.74, 6) is 0.837. The normalized spacial score (nSPS) is 10.5. The summed E-state index contributed by atoms with van der Waals surface area (Å²) >= 11 is 8.88. The molecule has 2 heterocycles. The summed E-state index contributed by atoms with van der Waals surface area (Å²) in [6.45, 7) is 0.